The summed E-state index contributed by atoms with van der Waals surface area (Å²) in [6.45, 7) is 2.30. The Hall–Kier alpha value is -0.870. The highest BCUT2D eigenvalue weighted by Crippen LogP contribution is 2.19. The van der Waals surface area contributed by atoms with Gasteiger partial charge < -0.3 is 5.11 Å². The van der Waals surface area contributed by atoms with Crippen molar-refractivity contribution < 1.29 is 9.90 Å². The van der Waals surface area contributed by atoms with E-state index in [1.807, 2.05) is 5.38 Å². The van der Waals surface area contributed by atoms with E-state index in [0.29, 0.717) is 13.1 Å². The third-order valence-electron chi connectivity index (χ3n) is 2.29. The van der Waals surface area contributed by atoms with E-state index in [9.17, 15) is 4.79 Å². The molecule has 1 aromatic heterocycles. The van der Waals surface area contributed by atoms with Crippen molar-refractivity contribution in [2.45, 2.75) is 6.54 Å². The summed E-state index contributed by atoms with van der Waals surface area (Å²) in [5.41, 5.74) is 1.29. The minimum Gasteiger partial charge on any atom is -0.481 e. The average molecular weight is 197 g/mol. The fourth-order valence-corrected chi connectivity index (χ4v) is 2.16. The molecule has 1 N–H and O–H groups in total. The topological polar surface area (TPSA) is 40.5 Å². The number of likely N-dealkylation sites (tertiary alicyclic amines) is 1. The van der Waals surface area contributed by atoms with E-state index >= 15 is 0 Å². The van der Waals surface area contributed by atoms with Gasteiger partial charge in [-0.2, -0.15) is 11.3 Å². The minimum absolute atomic E-state index is 0.140. The minimum atomic E-state index is -0.665. The van der Waals surface area contributed by atoms with Gasteiger partial charge in [0.05, 0.1) is 5.92 Å². The maximum absolute atomic E-state index is 10.5. The maximum atomic E-state index is 10.5. The van der Waals surface area contributed by atoms with E-state index in [4.69, 9.17) is 5.11 Å². The van der Waals surface area contributed by atoms with Crippen molar-refractivity contribution in [3.63, 3.8) is 0 Å². The predicted molar refractivity (Wildman–Crippen MR) is 50.7 cm³/mol. The molecule has 0 aromatic carbocycles. The zero-order valence-electron chi connectivity index (χ0n) is 7.14. The molecule has 4 heteroatoms. The second kappa shape index (κ2) is 3.47. The summed E-state index contributed by atoms with van der Waals surface area (Å²) in [7, 11) is 0. The third kappa shape index (κ3) is 1.89. The molecule has 1 aliphatic heterocycles. The monoisotopic (exact) mass is 197 g/mol. The van der Waals surface area contributed by atoms with Crippen molar-refractivity contribution in [3.8, 4) is 0 Å². The maximum Gasteiger partial charge on any atom is 0.309 e. The van der Waals surface area contributed by atoms with Gasteiger partial charge in [0, 0.05) is 19.6 Å². The van der Waals surface area contributed by atoms with E-state index in [1.54, 1.807) is 11.3 Å². The number of carboxylic acid groups (broad SMARTS) is 1. The first-order chi connectivity index (χ1) is 6.25. The Morgan fingerprint density at radius 2 is 2.46 bits per heavy atom. The third-order valence-corrected chi connectivity index (χ3v) is 3.02. The van der Waals surface area contributed by atoms with Gasteiger partial charge in [0.25, 0.3) is 0 Å². The lowest BCUT2D eigenvalue weighted by Gasteiger charge is -2.36. The lowest BCUT2D eigenvalue weighted by atomic mass is 10.0. The van der Waals surface area contributed by atoms with Crippen LogP contribution in [0, 0.1) is 5.92 Å². The fraction of sp³-hybridized carbons (Fsp3) is 0.444. The molecule has 0 spiro atoms. The van der Waals surface area contributed by atoms with E-state index in [-0.39, 0.29) is 5.92 Å². The van der Waals surface area contributed by atoms with Crippen LogP contribution in [0.5, 0.6) is 0 Å². The molecular weight excluding hydrogens is 186 g/mol. The van der Waals surface area contributed by atoms with Crippen molar-refractivity contribution in [1.29, 1.82) is 0 Å². The van der Waals surface area contributed by atoms with Crippen LogP contribution in [-0.2, 0) is 11.3 Å². The second-order valence-corrected chi connectivity index (χ2v) is 4.14. The van der Waals surface area contributed by atoms with Crippen molar-refractivity contribution in [2.24, 2.45) is 5.92 Å². The molecule has 1 aromatic rings. The Balaban J connectivity index is 1.79. The summed E-state index contributed by atoms with van der Waals surface area (Å²) >= 11 is 1.68. The molecule has 0 radical (unpaired) electrons. The highest BCUT2D eigenvalue weighted by atomic mass is 32.1. The molecule has 0 atom stereocenters. The summed E-state index contributed by atoms with van der Waals surface area (Å²) in [5, 5.41) is 12.8. The zero-order chi connectivity index (χ0) is 9.26. The zero-order valence-corrected chi connectivity index (χ0v) is 7.96. The van der Waals surface area contributed by atoms with Crippen molar-refractivity contribution in [3.05, 3.63) is 22.4 Å². The molecule has 0 saturated carbocycles. The summed E-state index contributed by atoms with van der Waals surface area (Å²) in [4.78, 5) is 12.7. The molecule has 70 valence electrons. The molecule has 1 fully saturated rings. The first-order valence-corrected chi connectivity index (χ1v) is 5.16. The van der Waals surface area contributed by atoms with Gasteiger partial charge in [-0.05, 0) is 22.4 Å². The number of carboxylic acids is 1. The number of nitrogens with zero attached hydrogens (tertiary/aromatic N) is 1. The Morgan fingerprint density at radius 1 is 1.69 bits per heavy atom. The molecule has 2 heterocycles. The molecule has 0 bridgehead atoms. The van der Waals surface area contributed by atoms with Crippen molar-refractivity contribution in [1.82, 2.24) is 4.90 Å². The molecule has 13 heavy (non-hydrogen) atoms. The van der Waals surface area contributed by atoms with Crippen LogP contribution in [0.15, 0.2) is 16.8 Å². The molecule has 0 unspecified atom stereocenters. The van der Waals surface area contributed by atoms with Gasteiger partial charge in [-0.25, -0.2) is 0 Å². The summed E-state index contributed by atoms with van der Waals surface area (Å²) in [5.74, 6) is -0.805. The molecule has 0 amide bonds. The lowest BCUT2D eigenvalue weighted by Crippen LogP contribution is -2.49. The standard InChI is InChI=1S/C9H11NO2S/c11-9(12)8-4-10(5-8)3-7-1-2-13-6-7/h1-2,6,8H,3-5H2,(H,11,12). The summed E-state index contributed by atoms with van der Waals surface area (Å²) < 4.78 is 0. The van der Waals surface area contributed by atoms with Gasteiger partial charge in [-0.1, -0.05) is 0 Å². The smallest absolute Gasteiger partial charge is 0.309 e. The van der Waals surface area contributed by atoms with Gasteiger partial charge in [-0.3, -0.25) is 9.69 Å². The number of rotatable bonds is 3. The van der Waals surface area contributed by atoms with Crippen LogP contribution in [-0.4, -0.2) is 29.1 Å². The van der Waals surface area contributed by atoms with E-state index in [1.165, 1.54) is 5.56 Å². The van der Waals surface area contributed by atoms with Crippen LogP contribution in [0.25, 0.3) is 0 Å². The Kier molecular flexibility index (Phi) is 2.33. The first-order valence-electron chi connectivity index (χ1n) is 4.22. The van der Waals surface area contributed by atoms with Gasteiger partial charge >= 0.3 is 5.97 Å². The number of carbonyl (C=O) groups is 1. The van der Waals surface area contributed by atoms with Crippen LogP contribution in [0.3, 0.4) is 0 Å². The Labute approximate surface area is 80.6 Å². The number of aliphatic carboxylic acids is 1. The van der Waals surface area contributed by atoms with E-state index < -0.39 is 5.97 Å². The normalized spacial score (nSPS) is 18.5. The van der Waals surface area contributed by atoms with Crippen LogP contribution in [0.4, 0.5) is 0 Å². The number of thiophene rings is 1. The van der Waals surface area contributed by atoms with Gasteiger partial charge in [0.1, 0.15) is 0 Å². The van der Waals surface area contributed by atoms with E-state index in [2.05, 4.69) is 16.3 Å². The number of hydrogen-bond acceptors (Lipinski definition) is 3. The van der Waals surface area contributed by atoms with Crippen LogP contribution >= 0.6 is 11.3 Å². The van der Waals surface area contributed by atoms with Crippen molar-refractivity contribution in [2.75, 3.05) is 13.1 Å². The van der Waals surface area contributed by atoms with Crippen LogP contribution in [0.2, 0.25) is 0 Å². The lowest BCUT2D eigenvalue weighted by molar-refractivity contribution is -0.147. The quantitative estimate of drug-likeness (QED) is 0.793. The average Bonchev–Trinajstić information content (AvgIpc) is 2.46. The SMILES string of the molecule is O=C(O)C1CN(Cc2ccsc2)C1. The Morgan fingerprint density at radius 3 is 3.00 bits per heavy atom. The molecule has 0 aliphatic carbocycles. The first kappa shape index (κ1) is 8.72. The predicted octanol–water partition coefficient (Wildman–Crippen LogP) is 1.26. The molecular formula is C9H11NO2S. The molecule has 1 saturated heterocycles. The summed E-state index contributed by atoms with van der Waals surface area (Å²) in [6.07, 6.45) is 0. The molecule has 3 nitrogen and oxygen atoms in total. The van der Waals surface area contributed by atoms with Crippen LogP contribution in [0.1, 0.15) is 5.56 Å². The highest BCUT2D eigenvalue weighted by molar-refractivity contribution is 7.07. The Bertz CT molecular complexity index is 291. The summed E-state index contributed by atoms with van der Waals surface area (Å²) in [6, 6.07) is 2.08. The van der Waals surface area contributed by atoms with Crippen molar-refractivity contribution >= 4 is 17.3 Å². The van der Waals surface area contributed by atoms with Gasteiger partial charge in [0.15, 0.2) is 0 Å². The van der Waals surface area contributed by atoms with Crippen LogP contribution < -0.4 is 0 Å². The van der Waals surface area contributed by atoms with Gasteiger partial charge in [0.2, 0.25) is 0 Å². The van der Waals surface area contributed by atoms with E-state index in [0.717, 1.165) is 6.54 Å². The molecule has 1 aliphatic rings. The largest absolute Gasteiger partial charge is 0.481 e. The fourth-order valence-electron chi connectivity index (χ4n) is 1.50. The number of hydrogen-bond donors (Lipinski definition) is 1. The van der Waals surface area contributed by atoms with Gasteiger partial charge in [-0.15, -0.1) is 0 Å². The highest BCUT2D eigenvalue weighted by Gasteiger charge is 2.31. The molecule has 2 rings (SSSR count). The second-order valence-electron chi connectivity index (χ2n) is 3.36.